The van der Waals surface area contributed by atoms with Gasteiger partial charge in [-0.3, -0.25) is 0 Å². The average molecular weight is 303 g/mol. The highest BCUT2D eigenvalue weighted by molar-refractivity contribution is 5.87. The quantitative estimate of drug-likeness (QED) is 0.600. The zero-order valence-corrected chi connectivity index (χ0v) is 14.2. The van der Waals surface area contributed by atoms with Crippen molar-refractivity contribution in [2.75, 3.05) is 6.54 Å². The first-order chi connectivity index (χ1) is 9.46. The molecule has 0 fully saturated rings. The van der Waals surface area contributed by atoms with E-state index >= 15 is 0 Å². The second kappa shape index (κ2) is 8.19. The van der Waals surface area contributed by atoms with Crippen LogP contribution in [-0.4, -0.2) is 34.9 Å². The molecule has 0 heterocycles. The number of carbonyl (C=O) groups is 2. The summed E-state index contributed by atoms with van der Waals surface area (Å²) in [7, 11) is 0. The SMILES string of the molecule is CCCCNNN(C(=O)OC(C)(C)C)C(=O)OC(C)(C)C. The second-order valence-electron chi connectivity index (χ2n) is 6.69. The van der Waals surface area contributed by atoms with Crippen LogP contribution >= 0.6 is 0 Å². The highest BCUT2D eigenvalue weighted by Gasteiger charge is 2.31. The number of nitrogens with one attached hydrogen (secondary N) is 2. The highest BCUT2D eigenvalue weighted by Crippen LogP contribution is 2.12. The zero-order valence-electron chi connectivity index (χ0n) is 14.2. The van der Waals surface area contributed by atoms with Gasteiger partial charge in [-0.2, -0.15) is 5.53 Å². The molecule has 2 amide bonds. The average Bonchev–Trinajstić information content (AvgIpc) is 2.23. The Hall–Kier alpha value is -1.34. The number of ether oxygens (including phenoxy) is 2. The summed E-state index contributed by atoms with van der Waals surface area (Å²) in [5.41, 5.74) is 3.92. The summed E-state index contributed by atoms with van der Waals surface area (Å²) in [6.45, 7) is 13.0. The van der Waals surface area contributed by atoms with Crippen LogP contribution < -0.4 is 11.0 Å². The van der Waals surface area contributed by atoms with Gasteiger partial charge in [-0.1, -0.05) is 13.3 Å². The maximum atomic E-state index is 12.1. The van der Waals surface area contributed by atoms with Gasteiger partial charge in [0.05, 0.1) is 0 Å². The summed E-state index contributed by atoms with van der Waals surface area (Å²) < 4.78 is 10.4. The first-order valence-corrected chi connectivity index (χ1v) is 7.21. The molecule has 0 aromatic heterocycles. The molecule has 0 unspecified atom stereocenters. The number of unbranched alkanes of at least 4 members (excludes halogenated alkanes) is 1. The normalized spacial score (nSPS) is 12.0. The molecule has 0 aliphatic carbocycles. The molecule has 0 aromatic carbocycles. The summed E-state index contributed by atoms with van der Waals surface area (Å²) >= 11 is 0. The van der Waals surface area contributed by atoms with Crippen LogP contribution in [0.1, 0.15) is 61.3 Å². The van der Waals surface area contributed by atoms with E-state index in [2.05, 4.69) is 11.0 Å². The zero-order chi connectivity index (χ0) is 16.7. The van der Waals surface area contributed by atoms with Gasteiger partial charge in [0, 0.05) is 6.54 Å². The van der Waals surface area contributed by atoms with Gasteiger partial charge in [0.15, 0.2) is 0 Å². The van der Waals surface area contributed by atoms with E-state index in [1.165, 1.54) is 0 Å². The standard InChI is InChI=1S/C14H29N3O4/c1-8-9-10-15-16-17(11(18)20-13(2,3)4)12(19)21-14(5,6)7/h15-16H,8-10H2,1-7H3. The lowest BCUT2D eigenvalue weighted by Gasteiger charge is -2.28. The van der Waals surface area contributed by atoms with Crippen molar-refractivity contribution >= 4 is 12.2 Å². The van der Waals surface area contributed by atoms with Gasteiger partial charge in [-0.15, -0.1) is 5.01 Å². The Labute approximate surface area is 127 Å². The van der Waals surface area contributed by atoms with E-state index in [9.17, 15) is 9.59 Å². The molecule has 0 aromatic rings. The molecule has 0 atom stereocenters. The summed E-state index contributed by atoms with van der Waals surface area (Å²) in [5.74, 6) is 0. The van der Waals surface area contributed by atoms with Gasteiger partial charge < -0.3 is 9.47 Å². The van der Waals surface area contributed by atoms with E-state index in [-0.39, 0.29) is 0 Å². The number of rotatable bonds is 5. The molecule has 7 nitrogen and oxygen atoms in total. The predicted octanol–water partition coefficient (Wildman–Crippen LogP) is 2.97. The Morgan fingerprint density at radius 1 is 0.952 bits per heavy atom. The molecule has 0 saturated carbocycles. The molecule has 0 saturated heterocycles. The van der Waals surface area contributed by atoms with Crippen molar-refractivity contribution in [3.63, 3.8) is 0 Å². The van der Waals surface area contributed by atoms with Gasteiger partial charge in [0.2, 0.25) is 0 Å². The Morgan fingerprint density at radius 2 is 1.38 bits per heavy atom. The number of hydrogen-bond acceptors (Lipinski definition) is 6. The number of amides is 2. The molecule has 0 bridgehead atoms. The van der Waals surface area contributed by atoms with Crippen molar-refractivity contribution in [1.29, 1.82) is 0 Å². The monoisotopic (exact) mass is 303 g/mol. The number of carbonyl (C=O) groups excluding carboxylic acids is 2. The van der Waals surface area contributed by atoms with E-state index in [4.69, 9.17) is 9.47 Å². The van der Waals surface area contributed by atoms with Crippen molar-refractivity contribution in [2.24, 2.45) is 0 Å². The van der Waals surface area contributed by atoms with Crippen molar-refractivity contribution in [3.8, 4) is 0 Å². The summed E-state index contributed by atoms with van der Waals surface area (Å²) in [6.07, 6.45) is 0.262. The number of hydrogen-bond donors (Lipinski definition) is 2. The van der Waals surface area contributed by atoms with Crippen LogP contribution in [0.5, 0.6) is 0 Å². The fraction of sp³-hybridized carbons (Fsp3) is 0.857. The molecule has 2 N–H and O–H groups in total. The Morgan fingerprint density at radius 3 is 1.71 bits per heavy atom. The van der Waals surface area contributed by atoms with E-state index < -0.39 is 23.4 Å². The molecular formula is C14H29N3O4. The van der Waals surface area contributed by atoms with Crippen molar-refractivity contribution in [1.82, 2.24) is 16.0 Å². The van der Waals surface area contributed by atoms with Gasteiger partial charge in [-0.25, -0.2) is 15.0 Å². The van der Waals surface area contributed by atoms with E-state index in [0.29, 0.717) is 11.6 Å². The highest BCUT2D eigenvalue weighted by atomic mass is 16.6. The molecular weight excluding hydrogens is 274 g/mol. The van der Waals surface area contributed by atoms with Crippen LogP contribution in [0, 0.1) is 0 Å². The largest absolute Gasteiger partial charge is 0.442 e. The molecule has 21 heavy (non-hydrogen) atoms. The van der Waals surface area contributed by atoms with Crippen molar-refractivity contribution in [3.05, 3.63) is 0 Å². The van der Waals surface area contributed by atoms with E-state index in [1.807, 2.05) is 6.92 Å². The third-order valence-corrected chi connectivity index (χ3v) is 2.00. The molecule has 0 aliphatic rings. The molecule has 0 aliphatic heterocycles. The van der Waals surface area contributed by atoms with E-state index in [0.717, 1.165) is 12.8 Å². The maximum absolute atomic E-state index is 12.1. The minimum Gasteiger partial charge on any atom is -0.442 e. The lowest BCUT2D eigenvalue weighted by atomic mass is 10.2. The summed E-state index contributed by atoms with van der Waals surface area (Å²) in [6, 6.07) is 0. The van der Waals surface area contributed by atoms with Gasteiger partial charge >= 0.3 is 12.2 Å². The van der Waals surface area contributed by atoms with Crippen LogP contribution in [0.15, 0.2) is 0 Å². The fourth-order valence-corrected chi connectivity index (χ4v) is 1.18. The minimum atomic E-state index is -0.819. The third kappa shape index (κ3) is 10.1. The van der Waals surface area contributed by atoms with Gasteiger partial charge in [0.1, 0.15) is 11.2 Å². The second-order valence-corrected chi connectivity index (χ2v) is 6.69. The maximum Gasteiger partial charge on any atom is 0.436 e. The molecule has 0 rings (SSSR count). The first kappa shape index (κ1) is 19.7. The van der Waals surface area contributed by atoms with Crippen LogP contribution in [0.3, 0.4) is 0 Å². The topological polar surface area (TPSA) is 79.9 Å². The number of nitrogens with zero attached hydrogens (tertiary/aromatic N) is 1. The summed E-state index contributed by atoms with van der Waals surface area (Å²) in [5, 5.41) is 0.701. The fourth-order valence-electron chi connectivity index (χ4n) is 1.18. The Balaban J connectivity index is 4.75. The van der Waals surface area contributed by atoms with E-state index in [1.54, 1.807) is 41.5 Å². The molecule has 7 heteroatoms. The number of hydrazine groups is 2. The lowest BCUT2D eigenvalue weighted by molar-refractivity contribution is -0.0140. The Kier molecular flexibility index (Phi) is 7.67. The third-order valence-electron chi connectivity index (χ3n) is 2.00. The smallest absolute Gasteiger partial charge is 0.436 e. The van der Waals surface area contributed by atoms with Gasteiger partial charge in [-0.05, 0) is 48.0 Å². The van der Waals surface area contributed by atoms with Crippen molar-refractivity contribution in [2.45, 2.75) is 72.5 Å². The molecule has 124 valence electrons. The van der Waals surface area contributed by atoms with Gasteiger partial charge in [0.25, 0.3) is 0 Å². The predicted molar refractivity (Wildman–Crippen MR) is 80.4 cm³/mol. The van der Waals surface area contributed by atoms with Crippen LogP contribution in [0.25, 0.3) is 0 Å². The Bertz CT molecular complexity index is 317. The molecule has 0 spiro atoms. The van der Waals surface area contributed by atoms with Crippen molar-refractivity contribution < 1.29 is 19.1 Å². The lowest BCUT2D eigenvalue weighted by Crippen LogP contribution is -2.55. The number of imide groups is 1. The minimum absolute atomic E-state index is 0.610. The van der Waals surface area contributed by atoms with Crippen LogP contribution in [0.2, 0.25) is 0 Å². The van der Waals surface area contributed by atoms with Crippen LogP contribution in [-0.2, 0) is 9.47 Å². The molecule has 0 radical (unpaired) electrons. The first-order valence-electron chi connectivity index (χ1n) is 7.21. The summed E-state index contributed by atoms with van der Waals surface area (Å²) in [4.78, 5) is 24.1. The van der Waals surface area contributed by atoms with Crippen LogP contribution in [0.4, 0.5) is 9.59 Å².